The standard InChI is InChI=1S/C12H9BrN2O5S/c13-8-2-1-3-9(6-8)14-21(19,20)10-4-5-12(16)11(7-10)15(17)18/h1-7,14,16H. The van der Waals surface area contributed by atoms with E-state index in [4.69, 9.17) is 0 Å². The van der Waals surface area contributed by atoms with Gasteiger partial charge in [-0.1, -0.05) is 22.0 Å². The van der Waals surface area contributed by atoms with Crippen LogP contribution in [0.5, 0.6) is 5.75 Å². The lowest BCUT2D eigenvalue weighted by Crippen LogP contribution is -2.13. The van der Waals surface area contributed by atoms with Crippen molar-refractivity contribution in [2.24, 2.45) is 0 Å². The maximum Gasteiger partial charge on any atom is 0.312 e. The number of hydrogen-bond acceptors (Lipinski definition) is 5. The zero-order valence-electron chi connectivity index (χ0n) is 10.4. The summed E-state index contributed by atoms with van der Waals surface area (Å²) in [4.78, 5) is 9.56. The molecule has 2 aromatic rings. The molecule has 0 bridgehead atoms. The Kier molecular flexibility index (Phi) is 4.14. The monoisotopic (exact) mass is 372 g/mol. The average molecular weight is 373 g/mol. The summed E-state index contributed by atoms with van der Waals surface area (Å²) < 4.78 is 27.3. The number of nitro benzene ring substituents is 1. The molecule has 2 N–H and O–H groups in total. The van der Waals surface area contributed by atoms with Gasteiger partial charge in [0.1, 0.15) is 0 Å². The van der Waals surface area contributed by atoms with Gasteiger partial charge in [0.25, 0.3) is 10.0 Å². The van der Waals surface area contributed by atoms with Gasteiger partial charge in [0.05, 0.1) is 9.82 Å². The van der Waals surface area contributed by atoms with Crippen LogP contribution in [0.1, 0.15) is 0 Å². The van der Waals surface area contributed by atoms with Gasteiger partial charge in [0.15, 0.2) is 5.75 Å². The number of anilines is 1. The third-order valence-electron chi connectivity index (χ3n) is 2.53. The predicted molar refractivity (Wildman–Crippen MR) is 79.7 cm³/mol. The highest BCUT2D eigenvalue weighted by molar-refractivity contribution is 9.10. The number of benzene rings is 2. The molecule has 0 aliphatic carbocycles. The summed E-state index contributed by atoms with van der Waals surface area (Å²) in [5, 5.41) is 20.1. The molecule has 7 nitrogen and oxygen atoms in total. The van der Waals surface area contributed by atoms with Crippen molar-refractivity contribution in [3.05, 3.63) is 57.1 Å². The first-order valence-electron chi connectivity index (χ1n) is 5.55. The van der Waals surface area contributed by atoms with E-state index < -0.39 is 26.4 Å². The summed E-state index contributed by atoms with van der Waals surface area (Å²) >= 11 is 3.21. The smallest absolute Gasteiger partial charge is 0.312 e. The number of nitro groups is 1. The normalized spacial score (nSPS) is 11.1. The Morgan fingerprint density at radius 2 is 1.90 bits per heavy atom. The minimum atomic E-state index is -3.99. The van der Waals surface area contributed by atoms with Gasteiger partial charge in [-0.3, -0.25) is 14.8 Å². The van der Waals surface area contributed by atoms with Crippen molar-refractivity contribution in [1.82, 2.24) is 0 Å². The van der Waals surface area contributed by atoms with Crippen molar-refractivity contribution >= 4 is 37.3 Å². The number of phenols is 1. The molecular formula is C12H9BrN2O5S. The van der Waals surface area contributed by atoms with E-state index in [0.717, 1.165) is 18.2 Å². The third kappa shape index (κ3) is 3.50. The van der Waals surface area contributed by atoms with Crippen LogP contribution in [0.2, 0.25) is 0 Å². The van der Waals surface area contributed by atoms with Crippen molar-refractivity contribution < 1.29 is 18.4 Å². The number of nitrogens with zero attached hydrogens (tertiary/aromatic N) is 1. The fourth-order valence-corrected chi connectivity index (χ4v) is 3.05. The minimum absolute atomic E-state index is 0.306. The molecule has 110 valence electrons. The number of nitrogens with one attached hydrogen (secondary N) is 1. The van der Waals surface area contributed by atoms with Crippen LogP contribution in [0.3, 0.4) is 0 Å². The van der Waals surface area contributed by atoms with Crippen molar-refractivity contribution in [2.75, 3.05) is 4.72 Å². The summed E-state index contributed by atoms with van der Waals surface area (Å²) in [7, 11) is -3.99. The number of rotatable bonds is 4. The molecule has 9 heteroatoms. The zero-order chi connectivity index (χ0) is 15.6. The van der Waals surface area contributed by atoms with Gasteiger partial charge in [-0.15, -0.1) is 0 Å². The van der Waals surface area contributed by atoms with Crippen molar-refractivity contribution in [2.45, 2.75) is 4.90 Å². The number of sulfonamides is 1. The first kappa shape index (κ1) is 15.3. The van der Waals surface area contributed by atoms with E-state index in [9.17, 15) is 23.6 Å². The van der Waals surface area contributed by atoms with Gasteiger partial charge in [-0.2, -0.15) is 0 Å². The summed E-state index contributed by atoms with van der Waals surface area (Å²) in [6.07, 6.45) is 0. The Morgan fingerprint density at radius 1 is 1.19 bits per heavy atom. The summed E-state index contributed by atoms with van der Waals surface area (Å²) in [6, 6.07) is 9.31. The van der Waals surface area contributed by atoms with Crippen LogP contribution < -0.4 is 4.72 Å². The molecule has 0 spiro atoms. The van der Waals surface area contributed by atoms with Gasteiger partial charge in [0.2, 0.25) is 0 Å². The zero-order valence-corrected chi connectivity index (χ0v) is 12.8. The summed E-state index contributed by atoms with van der Waals surface area (Å²) in [5.41, 5.74) is -0.368. The molecule has 0 unspecified atom stereocenters. The molecule has 0 aromatic heterocycles. The second kappa shape index (κ2) is 5.70. The maximum absolute atomic E-state index is 12.2. The Bertz CT molecular complexity index is 807. The van der Waals surface area contributed by atoms with Crippen LogP contribution >= 0.6 is 15.9 Å². The van der Waals surface area contributed by atoms with Crippen LogP contribution in [-0.2, 0) is 10.0 Å². The van der Waals surface area contributed by atoms with Crippen LogP contribution in [0.4, 0.5) is 11.4 Å². The molecule has 2 aromatic carbocycles. The Morgan fingerprint density at radius 3 is 2.52 bits per heavy atom. The maximum atomic E-state index is 12.2. The molecule has 2 rings (SSSR count). The highest BCUT2D eigenvalue weighted by Gasteiger charge is 2.21. The SMILES string of the molecule is O=[N+]([O-])c1cc(S(=O)(=O)Nc2cccc(Br)c2)ccc1O. The minimum Gasteiger partial charge on any atom is -0.502 e. The first-order valence-corrected chi connectivity index (χ1v) is 7.83. The van der Waals surface area contributed by atoms with E-state index in [0.29, 0.717) is 10.2 Å². The Labute approximate surface area is 128 Å². The number of halogens is 1. The molecule has 21 heavy (non-hydrogen) atoms. The Balaban J connectivity index is 2.40. The fourth-order valence-electron chi connectivity index (χ4n) is 1.58. The van der Waals surface area contributed by atoms with Gasteiger partial charge in [0, 0.05) is 16.2 Å². The lowest BCUT2D eigenvalue weighted by Gasteiger charge is -2.08. The van der Waals surface area contributed by atoms with Crippen molar-refractivity contribution in [1.29, 1.82) is 0 Å². The van der Waals surface area contributed by atoms with Crippen LogP contribution in [0.25, 0.3) is 0 Å². The number of aromatic hydroxyl groups is 1. The molecular weight excluding hydrogens is 364 g/mol. The van der Waals surface area contributed by atoms with E-state index in [2.05, 4.69) is 20.7 Å². The molecule has 0 atom stereocenters. The molecule has 0 aliphatic heterocycles. The summed E-state index contributed by atoms with van der Waals surface area (Å²) in [6.45, 7) is 0. The molecule has 0 aliphatic rings. The quantitative estimate of drug-likeness (QED) is 0.633. The van der Waals surface area contributed by atoms with Crippen LogP contribution in [0.15, 0.2) is 51.8 Å². The Hall–Kier alpha value is -2.13. The average Bonchev–Trinajstić information content (AvgIpc) is 2.38. The van der Waals surface area contributed by atoms with Crippen molar-refractivity contribution in [3.8, 4) is 5.75 Å². The van der Waals surface area contributed by atoms with Crippen molar-refractivity contribution in [3.63, 3.8) is 0 Å². The molecule has 0 saturated carbocycles. The van der Waals surface area contributed by atoms with Gasteiger partial charge < -0.3 is 5.11 Å². The summed E-state index contributed by atoms with van der Waals surface area (Å²) in [5.74, 6) is -0.596. The second-order valence-electron chi connectivity index (χ2n) is 4.02. The van der Waals surface area contributed by atoms with Gasteiger partial charge >= 0.3 is 5.69 Å². The molecule has 0 saturated heterocycles. The highest BCUT2D eigenvalue weighted by Crippen LogP contribution is 2.29. The molecule has 0 fully saturated rings. The van der Waals surface area contributed by atoms with Crippen LogP contribution in [0, 0.1) is 10.1 Å². The molecule has 0 amide bonds. The lowest BCUT2D eigenvalue weighted by atomic mass is 10.3. The van der Waals surface area contributed by atoms with E-state index in [1.807, 2.05) is 0 Å². The fraction of sp³-hybridized carbons (Fsp3) is 0. The topological polar surface area (TPSA) is 110 Å². The predicted octanol–water partition coefficient (Wildman–Crippen LogP) is 2.86. The number of hydrogen-bond donors (Lipinski definition) is 2. The second-order valence-corrected chi connectivity index (χ2v) is 6.62. The van der Waals surface area contributed by atoms with Gasteiger partial charge in [-0.25, -0.2) is 8.42 Å². The van der Waals surface area contributed by atoms with Crippen LogP contribution in [-0.4, -0.2) is 18.4 Å². The molecule has 0 radical (unpaired) electrons. The van der Waals surface area contributed by atoms with E-state index in [1.165, 1.54) is 6.07 Å². The molecule has 0 heterocycles. The van der Waals surface area contributed by atoms with E-state index >= 15 is 0 Å². The highest BCUT2D eigenvalue weighted by atomic mass is 79.9. The van der Waals surface area contributed by atoms with Gasteiger partial charge in [-0.05, 0) is 30.3 Å². The lowest BCUT2D eigenvalue weighted by molar-refractivity contribution is -0.386. The first-order chi connectivity index (χ1) is 9.79. The largest absolute Gasteiger partial charge is 0.502 e. The third-order valence-corrected chi connectivity index (χ3v) is 4.40. The van der Waals surface area contributed by atoms with E-state index in [-0.39, 0.29) is 4.90 Å². The van der Waals surface area contributed by atoms with E-state index in [1.54, 1.807) is 18.2 Å². The number of phenolic OH excluding ortho intramolecular Hbond substituents is 1.